The Bertz CT molecular complexity index is 272. The van der Waals surface area contributed by atoms with Crippen LogP contribution in [-0.2, 0) is 14.1 Å². The third kappa shape index (κ3) is 2.42. The topological polar surface area (TPSA) is 52.6 Å². The van der Waals surface area contributed by atoms with Crippen LogP contribution in [0.3, 0.4) is 0 Å². The molecule has 62 valence electrons. The van der Waals surface area contributed by atoms with Crippen LogP contribution in [0.2, 0.25) is 0 Å². The molecule has 0 fully saturated rings. The predicted molar refractivity (Wildman–Crippen MR) is 41.9 cm³/mol. The minimum atomic E-state index is -1.10. The molecular formula is C7H6O4P+. The van der Waals surface area contributed by atoms with Crippen molar-refractivity contribution >= 4 is 14.7 Å². The number of carbonyl (C=O) groups is 1. The molecular weight excluding hydrogens is 179 g/mol. The van der Waals surface area contributed by atoms with Crippen molar-refractivity contribution in [2.24, 2.45) is 0 Å². The zero-order chi connectivity index (χ0) is 8.81. The lowest BCUT2D eigenvalue weighted by molar-refractivity contribution is -0.139. The van der Waals surface area contributed by atoms with E-state index in [9.17, 15) is 9.36 Å². The molecule has 0 amide bonds. The van der Waals surface area contributed by atoms with Gasteiger partial charge in [-0.05, 0) is 16.7 Å². The maximum absolute atomic E-state index is 10.9. The van der Waals surface area contributed by atoms with Crippen LogP contribution in [0.1, 0.15) is 10.4 Å². The lowest BCUT2D eigenvalue weighted by Gasteiger charge is -1.93. The standard InChI is InChI=1S/C7H6O4P/c8-7(10-11-12-9)6-4-2-1-3-5-6/h1-5,12H/q+1. The van der Waals surface area contributed by atoms with Crippen LogP contribution in [0.15, 0.2) is 30.3 Å². The fraction of sp³-hybridized carbons (Fsp3) is 0. The normalized spacial score (nSPS) is 9.67. The highest BCUT2D eigenvalue weighted by atomic mass is 31.1. The first-order chi connectivity index (χ1) is 5.84. The molecule has 12 heavy (non-hydrogen) atoms. The minimum Gasteiger partial charge on any atom is -0.248 e. The summed E-state index contributed by atoms with van der Waals surface area (Å²) in [6.07, 6.45) is 0. The average molecular weight is 185 g/mol. The summed E-state index contributed by atoms with van der Waals surface area (Å²) in [7, 11) is -1.10. The van der Waals surface area contributed by atoms with Gasteiger partial charge in [0.05, 0.1) is 10.2 Å². The van der Waals surface area contributed by atoms with Crippen LogP contribution in [0.25, 0.3) is 0 Å². The van der Waals surface area contributed by atoms with Crippen LogP contribution in [-0.4, -0.2) is 5.97 Å². The lowest BCUT2D eigenvalue weighted by Crippen LogP contribution is -2.01. The fourth-order valence-corrected chi connectivity index (χ4v) is 0.787. The number of carbonyl (C=O) groups excluding carboxylic acids is 1. The SMILES string of the molecule is O=[PH+]OOC(=O)c1ccccc1. The summed E-state index contributed by atoms with van der Waals surface area (Å²) in [4.78, 5) is 15.1. The molecule has 0 saturated heterocycles. The first-order valence-corrected chi connectivity index (χ1v) is 3.96. The summed E-state index contributed by atoms with van der Waals surface area (Å²) in [6.45, 7) is 0. The number of hydrogen-bond acceptors (Lipinski definition) is 4. The van der Waals surface area contributed by atoms with Gasteiger partial charge in [-0.1, -0.05) is 18.2 Å². The van der Waals surface area contributed by atoms with Crippen molar-refractivity contribution < 1.29 is 18.9 Å². The quantitative estimate of drug-likeness (QED) is 0.408. The predicted octanol–water partition coefficient (Wildman–Crippen LogP) is 1.71. The number of benzene rings is 1. The van der Waals surface area contributed by atoms with E-state index in [0.717, 1.165) is 0 Å². The molecule has 5 heteroatoms. The van der Waals surface area contributed by atoms with Crippen LogP contribution < -0.4 is 0 Å². The molecule has 1 atom stereocenters. The van der Waals surface area contributed by atoms with Gasteiger partial charge in [0.15, 0.2) is 0 Å². The molecule has 1 aromatic carbocycles. The van der Waals surface area contributed by atoms with Crippen LogP contribution in [0.4, 0.5) is 0 Å². The van der Waals surface area contributed by atoms with E-state index < -0.39 is 14.7 Å². The summed E-state index contributed by atoms with van der Waals surface area (Å²) in [5.41, 5.74) is 0.357. The van der Waals surface area contributed by atoms with E-state index in [1.54, 1.807) is 30.3 Å². The molecule has 0 bridgehead atoms. The Morgan fingerprint density at radius 1 is 1.25 bits per heavy atom. The Hall–Kier alpha value is -1.25. The van der Waals surface area contributed by atoms with Gasteiger partial charge in [-0.2, -0.15) is 0 Å². The number of rotatable bonds is 3. The molecule has 0 N–H and O–H groups in total. The van der Waals surface area contributed by atoms with Crippen LogP contribution in [0, 0.1) is 0 Å². The van der Waals surface area contributed by atoms with Gasteiger partial charge >= 0.3 is 14.7 Å². The maximum Gasteiger partial charge on any atom is 0.540 e. The summed E-state index contributed by atoms with van der Waals surface area (Å²) in [6, 6.07) is 8.29. The van der Waals surface area contributed by atoms with Crippen molar-refractivity contribution in [3.63, 3.8) is 0 Å². The van der Waals surface area contributed by atoms with Gasteiger partial charge in [-0.25, -0.2) is 9.68 Å². The molecule has 0 spiro atoms. The Labute approximate surface area is 70.3 Å². The molecule has 0 aliphatic rings. The fourth-order valence-electron chi connectivity index (χ4n) is 0.677. The van der Waals surface area contributed by atoms with Gasteiger partial charge in [0.25, 0.3) is 0 Å². The molecule has 0 saturated carbocycles. The van der Waals surface area contributed by atoms with Gasteiger partial charge in [0.2, 0.25) is 0 Å². The molecule has 1 aromatic rings. The van der Waals surface area contributed by atoms with E-state index in [2.05, 4.69) is 9.56 Å². The molecule has 0 aromatic heterocycles. The van der Waals surface area contributed by atoms with E-state index >= 15 is 0 Å². The van der Waals surface area contributed by atoms with E-state index in [1.807, 2.05) is 0 Å². The second-order valence-corrected chi connectivity index (χ2v) is 2.24. The lowest BCUT2D eigenvalue weighted by atomic mass is 10.2. The Morgan fingerprint density at radius 3 is 2.50 bits per heavy atom. The van der Waals surface area contributed by atoms with E-state index in [-0.39, 0.29) is 0 Å². The highest BCUT2D eigenvalue weighted by molar-refractivity contribution is 7.17. The third-order valence-electron chi connectivity index (χ3n) is 1.16. The molecule has 4 nitrogen and oxygen atoms in total. The van der Waals surface area contributed by atoms with Crippen molar-refractivity contribution in [2.45, 2.75) is 0 Å². The van der Waals surface area contributed by atoms with Gasteiger partial charge in [0, 0.05) is 0 Å². The van der Waals surface area contributed by atoms with E-state index in [0.29, 0.717) is 5.56 Å². The highest BCUT2D eigenvalue weighted by Gasteiger charge is 2.08. The van der Waals surface area contributed by atoms with Crippen molar-refractivity contribution in [3.05, 3.63) is 35.9 Å². The molecule has 0 heterocycles. The smallest absolute Gasteiger partial charge is 0.248 e. The molecule has 0 aliphatic carbocycles. The largest absolute Gasteiger partial charge is 0.540 e. The monoisotopic (exact) mass is 185 g/mol. The van der Waals surface area contributed by atoms with Gasteiger partial charge in [-0.15, -0.1) is 0 Å². The van der Waals surface area contributed by atoms with Crippen molar-refractivity contribution in [2.75, 3.05) is 0 Å². The highest BCUT2D eigenvalue weighted by Crippen LogP contribution is 2.04. The van der Waals surface area contributed by atoms with Gasteiger partial charge < -0.3 is 0 Å². The van der Waals surface area contributed by atoms with Crippen LogP contribution >= 0.6 is 8.69 Å². The van der Waals surface area contributed by atoms with Crippen molar-refractivity contribution in [1.82, 2.24) is 0 Å². The molecule has 1 unspecified atom stereocenters. The van der Waals surface area contributed by atoms with Gasteiger partial charge in [-0.3, -0.25) is 0 Å². The summed E-state index contributed by atoms with van der Waals surface area (Å²) in [5, 5.41) is 0. The third-order valence-corrected chi connectivity index (χ3v) is 1.31. The first kappa shape index (κ1) is 8.84. The Balaban J connectivity index is 2.59. The Kier molecular flexibility index (Phi) is 3.38. The Morgan fingerprint density at radius 2 is 1.92 bits per heavy atom. The maximum atomic E-state index is 10.9. The van der Waals surface area contributed by atoms with Gasteiger partial charge in [0.1, 0.15) is 0 Å². The molecule has 0 aliphatic heterocycles. The van der Waals surface area contributed by atoms with Crippen LogP contribution in [0.5, 0.6) is 0 Å². The second kappa shape index (κ2) is 4.59. The summed E-state index contributed by atoms with van der Waals surface area (Å²) in [5.74, 6) is -0.654. The van der Waals surface area contributed by atoms with E-state index in [4.69, 9.17) is 0 Å². The molecule has 1 rings (SSSR count). The zero-order valence-electron chi connectivity index (χ0n) is 6.02. The second-order valence-electron chi connectivity index (χ2n) is 1.90. The number of hydrogen-bond donors (Lipinski definition) is 0. The minimum absolute atomic E-state index is 0.357. The molecule has 0 radical (unpaired) electrons. The zero-order valence-corrected chi connectivity index (χ0v) is 7.02. The summed E-state index contributed by atoms with van der Waals surface area (Å²) >= 11 is 0. The van der Waals surface area contributed by atoms with Crippen molar-refractivity contribution in [3.8, 4) is 0 Å². The summed E-state index contributed by atoms with van der Waals surface area (Å²) < 4.78 is 13.8. The first-order valence-electron chi connectivity index (χ1n) is 3.14. The van der Waals surface area contributed by atoms with Crippen molar-refractivity contribution in [1.29, 1.82) is 0 Å². The average Bonchev–Trinajstić information content (AvgIpc) is 2.15. The van der Waals surface area contributed by atoms with E-state index in [1.165, 1.54) is 0 Å².